The molecule has 1 aliphatic heterocycles. The fourth-order valence-corrected chi connectivity index (χ4v) is 5.11. The van der Waals surface area contributed by atoms with E-state index in [0.29, 0.717) is 24.3 Å². The summed E-state index contributed by atoms with van der Waals surface area (Å²) in [7, 11) is 3.27. The minimum absolute atomic E-state index is 0.249. The third-order valence-electron chi connectivity index (χ3n) is 6.93. The fraction of sp³-hybridized carbons (Fsp3) is 0.367. The lowest BCUT2D eigenvalue weighted by molar-refractivity contribution is -0.135. The Labute approximate surface area is 203 Å². The molecule has 1 fully saturated rings. The van der Waals surface area contributed by atoms with Crippen molar-refractivity contribution in [3.8, 4) is 11.5 Å². The normalized spacial score (nSPS) is 15.9. The number of piperidine rings is 1. The number of hydrogen-bond donors (Lipinski definition) is 0. The molecule has 0 spiro atoms. The molecule has 4 heteroatoms. The third kappa shape index (κ3) is 5.80. The van der Waals surface area contributed by atoms with Crippen molar-refractivity contribution in [1.29, 1.82) is 0 Å². The van der Waals surface area contributed by atoms with E-state index in [1.165, 1.54) is 17.5 Å². The summed E-state index contributed by atoms with van der Waals surface area (Å²) in [4.78, 5) is 15.5. The molecule has 178 valence electrons. The predicted molar refractivity (Wildman–Crippen MR) is 137 cm³/mol. The summed E-state index contributed by atoms with van der Waals surface area (Å²) in [6.07, 6.45) is 5.49. The number of carbonyl (C=O) groups excluding carboxylic acids is 1. The van der Waals surface area contributed by atoms with Gasteiger partial charge in [0.15, 0.2) is 11.5 Å². The summed E-state index contributed by atoms with van der Waals surface area (Å²) in [5.74, 6) is 1.95. The summed E-state index contributed by atoms with van der Waals surface area (Å²) in [5, 5.41) is 0. The highest BCUT2D eigenvalue weighted by Gasteiger charge is 2.29. The van der Waals surface area contributed by atoms with E-state index in [2.05, 4.69) is 65.6 Å². The zero-order chi connectivity index (χ0) is 23.8. The lowest BCUT2D eigenvalue weighted by atomic mass is 9.83. The highest BCUT2D eigenvalue weighted by atomic mass is 16.5. The van der Waals surface area contributed by atoms with Crippen molar-refractivity contribution >= 4 is 5.91 Å². The standard InChI is InChI=1S/C30H35NO3/c1-33-28-18-16-23(21-29(28)34-2)17-19-30(32)31-20-10-9-15-26(31)22-27(24-11-5-3-6-12-24)25-13-7-4-8-14-25/h3-8,11-14,16,18,21,26-27H,9-10,15,17,19-20,22H2,1-2H3. The van der Waals surface area contributed by atoms with Crippen molar-refractivity contribution in [3.63, 3.8) is 0 Å². The Morgan fingerprint density at radius 1 is 0.882 bits per heavy atom. The average molecular weight is 458 g/mol. The zero-order valence-electron chi connectivity index (χ0n) is 20.3. The second-order valence-corrected chi connectivity index (χ2v) is 9.04. The highest BCUT2D eigenvalue weighted by molar-refractivity contribution is 5.77. The molecule has 34 heavy (non-hydrogen) atoms. The Bertz CT molecular complexity index is 1010. The van der Waals surface area contributed by atoms with Crippen molar-refractivity contribution < 1.29 is 14.3 Å². The Balaban J connectivity index is 1.47. The first-order chi connectivity index (χ1) is 16.7. The molecule has 4 nitrogen and oxygen atoms in total. The van der Waals surface area contributed by atoms with Crippen molar-refractivity contribution in [3.05, 3.63) is 95.6 Å². The number of nitrogens with zero attached hydrogens (tertiary/aromatic N) is 1. The summed E-state index contributed by atoms with van der Waals surface area (Å²) in [6.45, 7) is 0.853. The van der Waals surface area contributed by atoms with Gasteiger partial charge in [-0.3, -0.25) is 4.79 Å². The predicted octanol–water partition coefficient (Wildman–Crippen LogP) is 6.24. The van der Waals surface area contributed by atoms with E-state index < -0.39 is 0 Å². The van der Waals surface area contributed by atoms with Crippen LogP contribution in [-0.2, 0) is 11.2 Å². The minimum Gasteiger partial charge on any atom is -0.493 e. The minimum atomic E-state index is 0.249. The van der Waals surface area contributed by atoms with Gasteiger partial charge in [-0.2, -0.15) is 0 Å². The average Bonchev–Trinajstić information content (AvgIpc) is 2.91. The van der Waals surface area contributed by atoms with Crippen molar-refractivity contribution in [2.75, 3.05) is 20.8 Å². The first kappa shape index (κ1) is 23.9. The Kier molecular flexibility index (Phi) is 8.24. The Morgan fingerprint density at radius 2 is 1.53 bits per heavy atom. The highest BCUT2D eigenvalue weighted by Crippen LogP contribution is 2.34. The third-order valence-corrected chi connectivity index (χ3v) is 6.93. The van der Waals surface area contributed by atoms with Crippen LogP contribution in [0.25, 0.3) is 0 Å². The number of ether oxygens (including phenoxy) is 2. The number of hydrogen-bond acceptors (Lipinski definition) is 3. The molecule has 0 bridgehead atoms. The zero-order valence-corrected chi connectivity index (χ0v) is 20.3. The second-order valence-electron chi connectivity index (χ2n) is 9.04. The van der Waals surface area contributed by atoms with E-state index >= 15 is 0 Å². The van der Waals surface area contributed by atoms with Crippen molar-refractivity contribution in [2.45, 2.75) is 50.5 Å². The van der Waals surface area contributed by atoms with Crippen LogP contribution in [0, 0.1) is 0 Å². The maximum absolute atomic E-state index is 13.4. The van der Waals surface area contributed by atoms with Gasteiger partial charge < -0.3 is 14.4 Å². The van der Waals surface area contributed by atoms with E-state index in [1.807, 2.05) is 18.2 Å². The molecule has 1 heterocycles. The number of methoxy groups -OCH3 is 2. The molecule has 3 aromatic rings. The summed E-state index contributed by atoms with van der Waals surface area (Å²) < 4.78 is 10.8. The van der Waals surface area contributed by atoms with Crippen LogP contribution in [0.2, 0.25) is 0 Å². The molecule has 1 aliphatic rings. The van der Waals surface area contributed by atoms with Gasteiger partial charge in [0.25, 0.3) is 0 Å². The number of benzene rings is 3. The molecular weight excluding hydrogens is 422 g/mol. The smallest absolute Gasteiger partial charge is 0.223 e. The fourth-order valence-electron chi connectivity index (χ4n) is 5.11. The Hall–Kier alpha value is -3.27. The molecule has 0 N–H and O–H groups in total. The van der Waals surface area contributed by atoms with Gasteiger partial charge in [0.2, 0.25) is 5.91 Å². The molecule has 1 atom stereocenters. The van der Waals surface area contributed by atoms with Crippen LogP contribution >= 0.6 is 0 Å². The lowest BCUT2D eigenvalue weighted by Crippen LogP contribution is -2.44. The summed E-state index contributed by atoms with van der Waals surface area (Å²) >= 11 is 0. The van der Waals surface area contributed by atoms with Crippen LogP contribution < -0.4 is 9.47 Å². The molecule has 0 aromatic heterocycles. The quantitative estimate of drug-likeness (QED) is 0.382. The lowest BCUT2D eigenvalue weighted by Gasteiger charge is -2.38. The van der Waals surface area contributed by atoms with Crippen LogP contribution in [-0.4, -0.2) is 37.6 Å². The number of aryl methyl sites for hydroxylation is 1. The van der Waals surface area contributed by atoms with Gasteiger partial charge in [0.1, 0.15) is 0 Å². The molecule has 1 unspecified atom stereocenters. The van der Waals surface area contributed by atoms with E-state index in [0.717, 1.165) is 31.4 Å². The van der Waals surface area contributed by atoms with E-state index in [4.69, 9.17) is 9.47 Å². The SMILES string of the molecule is COc1ccc(CCC(=O)N2CCCCC2CC(c2ccccc2)c2ccccc2)cc1OC. The molecule has 0 aliphatic carbocycles. The maximum atomic E-state index is 13.4. The molecule has 1 amide bonds. The monoisotopic (exact) mass is 457 g/mol. The van der Waals surface area contributed by atoms with Gasteiger partial charge in [0, 0.05) is 24.9 Å². The summed E-state index contributed by atoms with van der Waals surface area (Å²) in [5.41, 5.74) is 3.72. The Morgan fingerprint density at radius 3 is 2.15 bits per heavy atom. The number of amides is 1. The molecular formula is C30H35NO3. The van der Waals surface area contributed by atoms with Gasteiger partial charge in [-0.1, -0.05) is 66.7 Å². The molecule has 4 rings (SSSR count). The largest absolute Gasteiger partial charge is 0.493 e. The first-order valence-corrected chi connectivity index (χ1v) is 12.3. The molecule has 3 aromatic carbocycles. The number of likely N-dealkylation sites (tertiary alicyclic amines) is 1. The van der Waals surface area contributed by atoms with Gasteiger partial charge in [-0.15, -0.1) is 0 Å². The van der Waals surface area contributed by atoms with Gasteiger partial charge in [0.05, 0.1) is 14.2 Å². The molecule has 0 saturated carbocycles. The number of carbonyl (C=O) groups is 1. The van der Waals surface area contributed by atoms with Crippen LogP contribution in [0.4, 0.5) is 0 Å². The van der Waals surface area contributed by atoms with Crippen LogP contribution in [0.3, 0.4) is 0 Å². The molecule has 1 saturated heterocycles. The van der Waals surface area contributed by atoms with Gasteiger partial charge in [-0.05, 0) is 60.9 Å². The van der Waals surface area contributed by atoms with Crippen molar-refractivity contribution in [1.82, 2.24) is 4.90 Å². The number of rotatable bonds is 9. The first-order valence-electron chi connectivity index (χ1n) is 12.3. The van der Waals surface area contributed by atoms with Crippen molar-refractivity contribution in [2.24, 2.45) is 0 Å². The molecule has 0 radical (unpaired) electrons. The summed E-state index contributed by atoms with van der Waals surface area (Å²) in [6, 6.07) is 27.6. The topological polar surface area (TPSA) is 38.8 Å². The van der Waals surface area contributed by atoms with Crippen LogP contribution in [0.5, 0.6) is 11.5 Å². The van der Waals surface area contributed by atoms with E-state index in [-0.39, 0.29) is 17.9 Å². The van der Waals surface area contributed by atoms with Crippen LogP contribution in [0.15, 0.2) is 78.9 Å². The van der Waals surface area contributed by atoms with E-state index in [9.17, 15) is 4.79 Å². The second kappa shape index (κ2) is 11.7. The van der Waals surface area contributed by atoms with E-state index in [1.54, 1.807) is 14.2 Å². The van der Waals surface area contributed by atoms with Gasteiger partial charge in [-0.25, -0.2) is 0 Å². The maximum Gasteiger partial charge on any atom is 0.223 e. The van der Waals surface area contributed by atoms with Gasteiger partial charge >= 0.3 is 0 Å². The van der Waals surface area contributed by atoms with Crippen LogP contribution in [0.1, 0.15) is 54.7 Å².